The summed E-state index contributed by atoms with van der Waals surface area (Å²) in [6, 6.07) is 6.38. The van der Waals surface area contributed by atoms with Crippen molar-refractivity contribution in [1.82, 2.24) is 10.2 Å². The Morgan fingerprint density at radius 2 is 2.38 bits per heavy atom. The molecule has 2 nitrogen and oxygen atoms in total. The van der Waals surface area contributed by atoms with Crippen LogP contribution >= 0.6 is 11.3 Å². The van der Waals surface area contributed by atoms with Gasteiger partial charge in [-0.15, -0.1) is 11.3 Å². The van der Waals surface area contributed by atoms with E-state index in [4.69, 9.17) is 0 Å². The Labute approximate surface area is 103 Å². The van der Waals surface area contributed by atoms with E-state index in [1.807, 2.05) is 11.3 Å². The van der Waals surface area contributed by atoms with Crippen LogP contribution in [0.2, 0.25) is 0 Å². The van der Waals surface area contributed by atoms with Crippen LogP contribution in [-0.4, -0.2) is 30.6 Å². The van der Waals surface area contributed by atoms with Gasteiger partial charge in [0.15, 0.2) is 0 Å². The number of hydrogen-bond donors (Lipinski definition) is 1. The van der Waals surface area contributed by atoms with Crippen molar-refractivity contribution in [2.45, 2.75) is 44.8 Å². The third-order valence-corrected chi connectivity index (χ3v) is 4.83. The second kappa shape index (κ2) is 5.30. The average molecular weight is 238 g/mol. The van der Waals surface area contributed by atoms with Crippen molar-refractivity contribution < 1.29 is 0 Å². The number of thiophene rings is 1. The smallest absolute Gasteiger partial charge is 0.0416 e. The van der Waals surface area contributed by atoms with E-state index in [-0.39, 0.29) is 0 Å². The summed E-state index contributed by atoms with van der Waals surface area (Å²) in [5.41, 5.74) is 0. The van der Waals surface area contributed by atoms with Gasteiger partial charge >= 0.3 is 0 Å². The van der Waals surface area contributed by atoms with Gasteiger partial charge in [0.1, 0.15) is 0 Å². The Morgan fingerprint density at radius 3 is 2.94 bits per heavy atom. The molecule has 16 heavy (non-hydrogen) atoms. The molecule has 2 heterocycles. The molecule has 0 bridgehead atoms. The second-order valence-corrected chi connectivity index (χ2v) is 5.77. The van der Waals surface area contributed by atoms with Crippen molar-refractivity contribution in [2.24, 2.45) is 0 Å². The SMILES string of the molecule is CNC1CCN(C(C)c2cccs2)C(C)C1. The van der Waals surface area contributed by atoms with Crippen molar-refractivity contribution in [3.63, 3.8) is 0 Å². The van der Waals surface area contributed by atoms with Gasteiger partial charge < -0.3 is 5.32 Å². The maximum atomic E-state index is 3.40. The highest BCUT2D eigenvalue weighted by molar-refractivity contribution is 7.10. The topological polar surface area (TPSA) is 15.3 Å². The largest absolute Gasteiger partial charge is 0.317 e. The van der Waals surface area contributed by atoms with Crippen LogP contribution in [0.1, 0.15) is 37.6 Å². The molecule has 2 rings (SSSR count). The molecule has 1 aliphatic rings. The van der Waals surface area contributed by atoms with E-state index in [1.165, 1.54) is 24.3 Å². The van der Waals surface area contributed by atoms with Gasteiger partial charge in [-0.1, -0.05) is 6.07 Å². The van der Waals surface area contributed by atoms with Gasteiger partial charge in [0.05, 0.1) is 0 Å². The van der Waals surface area contributed by atoms with Crippen molar-refractivity contribution in [3.8, 4) is 0 Å². The molecule has 1 aromatic heterocycles. The van der Waals surface area contributed by atoms with Gasteiger partial charge in [0, 0.05) is 29.5 Å². The molecule has 1 aromatic rings. The maximum Gasteiger partial charge on any atom is 0.0416 e. The molecule has 1 N–H and O–H groups in total. The van der Waals surface area contributed by atoms with Crippen molar-refractivity contribution in [1.29, 1.82) is 0 Å². The molecule has 3 heteroatoms. The van der Waals surface area contributed by atoms with Gasteiger partial charge in [0.2, 0.25) is 0 Å². The molecule has 3 unspecified atom stereocenters. The Bertz CT molecular complexity index is 310. The number of rotatable bonds is 3. The summed E-state index contributed by atoms with van der Waals surface area (Å²) in [6.45, 7) is 5.90. The molecule has 0 saturated carbocycles. The predicted molar refractivity (Wildman–Crippen MR) is 71.0 cm³/mol. The van der Waals surface area contributed by atoms with Crippen LogP contribution in [0.15, 0.2) is 17.5 Å². The third-order valence-electron chi connectivity index (χ3n) is 3.79. The Kier molecular flexibility index (Phi) is 4.00. The summed E-state index contributed by atoms with van der Waals surface area (Å²) in [4.78, 5) is 4.13. The molecular weight excluding hydrogens is 216 g/mol. The molecule has 3 atom stereocenters. The summed E-state index contributed by atoms with van der Waals surface area (Å²) < 4.78 is 0. The van der Waals surface area contributed by atoms with Crippen LogP contribution in [0, 0.1) is 0 Å². The fraction of sp³-hybridized carbons (Fsp3) is 0.692. The van der Waals surface area contributed by atoms with Crippen LogP contribution in [0.5, 0.6) is 0 Å². The van der Waals surface area contributed by atoms with Crippen LogP contribution < -0.4 is 5.32 Å². The van der Waals surface area contributed by atoms with E-state index in [2.05, 4.69) is 48.6 Å². The van der Waals surface area contributed by atoms with E-state index in [1.54, 1.807) is 0 Å². The highest BCUT2D eigenvalue weighted by atomic mass is 32.1. The standard InChI is InChI=1S/C13H22N2S/c1-10-9-12(14-3)6-7-15(10)11(2)13-5-4-8-16-13/h4-5,8,10-12,14H,6-7,9H2,1-3H3. The lowest BCUT2D eigenvalue weighted by Gasteiger charge is -2.41. The molecular formula is C13H22N2S. The fourth-order valence-corrected chi connectivity index (χ4v) is 3.52. The van der Waals surface area contributed by atoms with Crippen molar-refractivity contribution >= 4 is 11.3 Å². The van der Waals surface area contributed by atoms with Crippen molar-refractivity contribution in [3.05, 3.63) is 22.4 Å². The first-order chi connectivity index (χ1) is 7.72. The Balaban J connectivity index is 2.00. The maximum absolute atomic E-state index is 3.40. The first-order valence-corrected chi connectivity index (χ1v) is 7.06. The predicted octanol–water partition coefficient (Wildman–Crippen LogP) is 2.88. The quantitative estimate of drug-likeness (QED) is 0.871. The summed E-state index contributed by atoms with van der Waals surface area (Å²) in [6.07, 6.45) is 2.54. The van der Waals surface area contributed by atoms with Gasteiger partial charge in [-0.2, -0.15) is 0 Å². The lowest BCUT2D eigenvalue weighted by Crippen LogP contribution is -2.47. The van der Waals surface area contributed by atoms with E-state index < -0.39 is 0 Å². The minimum absolute atomic E-state index is 0.577. The summed E-state index contributed by atoms with van der Waals surface area (Å²) in [5.74, 6) is 0. The van der Waals surface area contributed by atoms with E-state index in [0.29, 0.717) is 18.1 Å². The van der Waals surface area contributed by atoms with Gasteiger partial charge in [0.25, 0.3) is 0 Å². The van der Waals surface area contributed by atoms with Crippen molar-refractivity contribution in [2.75, 3.05) is 13.6 Å². The molecule has 0 aliphatic carbocycles. The lowest BCUT2D eigenvalue weighted by atomic mass is 9.96. The van der Waals surface area contributed by atoms with Gasteiger partial charge in [-0.3, -0.25) is 4.90 Å². The molecule has 0 spiro atoms. The summed E-state index contributed by atoms with van der Waals surface area (Å²) in [5, 5.41) is 5.58. The first kappa shape index (κ1) is 12.1. The fourth-order valence-electron chi connectivity index (χ4n) is 2.72. The minimum Gasteiger partial charge on any atom is -0.317 e. The number of nitrogens with one attached hydrogen (secondary N) is 1. The molecule has 90 valence electrons. The van der Waals surface area contributed by atoms with Gasteiger partial charge in [-0.25, -0.2) is 0 Å². The molecule has 1 saturated heterocycles. The highest BCUT2D eigenvalue weighted by Crippen LogP contribution is 2.30. The molecule has 0 aromatic carbocycles. The number of piperidine rings is 1. The molecule has 1 aliphatic heterocycles. The Morgan fingerprint density at radius 1 is 1.56 bits per heavy atom. The van der Waals surface area contributed by atoms with Gasteiger partial charge in [-0.05, 0) is 45.2 Å². The first-order valence-electron chi connectivity index (χ1n) is 6.18. The van der Waals surface area contributed by atoms with E-state index in [9.17, 15) is 0 Å². The highest BCUT2D eigenvalue weighted by Gasteiger charge is 2.28. The van der Waals surface area contributed by atoms with Crippen LogP contribution in [0.25, 0.3) is 0 Å². The Hall–Kier alpha value is -0.380. The van der Waals surface area contributed by atoms with Crippen LogP contribution in [0.3, 0.4) is 0 Å². The lowest BCUT2D eigenvalue weighted by molar-refractivity contribution is 0.0990. The van der Waals surface area contributed by atoms with E-state index >= 15 is 0 Å². The van der Waals surface area contributed by atoms with Crippen LogP contribution in [-0.2, 0) is 0 Å². The number of nitrogens with zero attached hydrogens (tertiary/aromatic N) is 1. The summed E-state index contributed by atoms with van der Waals surface area (Å²) in [7, 11) is 2.08. The molecule has 0 radical (unpaired) electrons. The zero-order valence-electron chi connectivity index (χ0n) is 10.4. The zero-order chi connectivity index (χ0) is 11.5. The normalized spacial score (nSPS) is 29.2. The minimum atomic E-state index is 0.577. The molecule has 0 amide bonds. The summed E-state index contributed by atoms with van der Waals surface area (Å²) >= 11 is 1.88. The molecule has 1 fully saturated rings. The number of hydrogen-bond acceptors (Lipinski definition) is 3. The third kappa shape index (κ3) is 2.47. The van der Waals surface area contributed by atoms with Crippen LogP contribution in [0.4, 0.5) is 0 Å². The zero-order valence-corrected chi connectivity index (χ0v) is 11.3. The second-order valence-electron chi connectivity index (χ2n) is 4.79. The number of likely N-dealkylation sites (tertiary alicyclic amines) is 1. The van der Waals surface area contributed by atoms with E-state index in [0.717, 1.165) is 0 Å². The monoisotopic (exact) mass is 238 g/mol. The average Bonchev–Trinajstić information content (AvgIpc) is 2.81.